The molecule has 0 aliphatic carbocycles. The third-order valence-electron chi connectivity index (χ3n) is 6.99. The average Bonchev–Trinajstić information content (AvgIpc) is 3.26. The summed E-state index contributed by atoms with van der Waals surface area (Å²) in [6, 6.07) is 6.40. The van der Waals surface area contributed by atoms with E-state index < -0.39 is 10.0 Å². The zero-order chi connectivity index (χ0) is 26.3. The van der Waals surface area contributed by atoms with Crippen LogP contribution in [0.15, 0.2) is 30.5 Å². The molecule has 0 bridgehead atoms. The number of nitrogens with zero attached hydrogens (tertiary/aromatic N) is 5. The quantitative estimate of drug-likeness (QED) is 0.503. The maximum Gasteiger partial charge on any atom is 0.256 e. The highest BCUT2D eigenvalue weighted by Crippen LogP contribution is 2.34. The zero-order valence-electron chi connectivity index (χ0n) is 21.0. The summed E-state index contributed by atoms with van der Waals surface area (Å²) in [7, 11) is -3.58. The van der Waals surface area contributed by atoms with Crippen molar-refractivity contribution in [1.82, 2.24) is 19.5 Å². The second-order valence-electron chi connectivity index (χ2n) is 10.0. The molecule has 0 saturated carbocycles. The minimum Gasteiger partial charge on any atom is -0.355 e. The summed E-state index contributed by atoms with van der Waals surface area (Å²) in [6.45, 7) is 4.26. The van der Waals surface area contributed by atoms with Crippen molar-refractivity contribution < 1.29 is 13.2 Å². The molecule has 12 heteroatoms. The number of halogens is 1. The standard InChI is InChI=1S/C25H32ClN7O3S/c1-16-14-33-23(28-24(16)31-10-5-6-18(27)15-31)13-21(29-33)22-7-3-4-11-32(22)25(34)19-12-17(26)8-9-20(19)30-37(2,35)36/h8-9,12-14,18,22,30H,3-7,10-11,15,27H2,1-2H3/t18-,22+/m1/s1. The molecule has 0 radical (unpaired) electrons. The summed E-state index contributed by atoms with van der Waals surface area (Å²) >= 11 is 6.20. The minimum atomic E-state index is -3.58. The number of aryl methyl sites for hydroxylation is 1. The molecule has 1 amide bonds. The first kappa shape index (κ1) is 25.7. The minimum absolute atomic E-state index is 0.141. The molecule has 2 aromatic heterocycles. The van der Waals surface area contributed by atoms with E-state index in [-0.39, 0.29) is 29.2 Å². The van der Waals surface area contributed by atoms with Crippen molar-refractivity contribution in [2.75, 3.05) is 35.5 Å². The lowest BCUT2D eigenvalue weighted by atomic mass is 9.98. The monoisotopic (exact) mass is 545 g/mol. The van der Waals surface area contributed by atoms with Gasteiger partial charge in [-0.05, 0) is 57.2 Å². The van der Waals surface area contributed by atoms with Crippen LogP contribution in [0.25, 0.3) is 5.65 Å². The molecule has 5 rings (SSSR count). The van der Waals surface area contributed by atoms with Gasteiger partial charge in [-0.25, -0.2) is 17.9 Å². The van der Waals surface area contributed by atoms with Crippen molar-refractivity contribution in [1.29, 1.82) is 0 Å². The second kappa shape index (κ2) is 10.1. The molecule has 2 aliphatic rings. The predicted molar refractivity (Wildman–Crippen MR) is 145 cm³/mol. The Morgan fingerprint density at radius 2 is 1.97 bits per heavy atom. The van der Waals surface area contributed by atoms with E-state index in [9.17, 15) is 13.2 Å². The number of hydrogen-bond donors (Lipinski definition) is 2. The summed E-state index contributed by atoms with van der Waals surface area (Å²) < 4.78 is 28.0. The molecule has 0 spiro atoms. The van der Waals surface area contributed by atoms with E-state index in [0.29, 0.717) is 11.6 Å². The van der Waals surface area contributed by atoms with Gasteiger partial charge in [0.25, 0.3) is 5.91 Å². The smallest absolute Gasteiger partial charge is 0.256 e. The van der Waals surface area contributed by atoms with Crippen molar-refractivity contribution in [2.24, 2.45) is 5.73 Å². The Kier molecular flexibility index (Phi) is 7.03. The number of nitrogens with one attached hydrogen (secondary N) is 1. The molecule has 4 heterocycles. The molecule has 37 heavy (non-hydrogen) atoms. The fraction of sp³-hybridized carbons (Fsp3) is 0.480. The van der Waals surface area contributed by atoms with Crippen LogP contribution < -0.4 is 15.4 Å². The topological polar surface area (TPSA) is 126 Å². The van der Waals surface area contributed by atoms with E-state index in [1.54, 1.807) is 15.5 Å². The molecule has 2 saturated heterocycles. The molecule has 2 atom stereocenters. The van der Waals surface area contributed by atoms with Crippen LogP contribution in [-0.2, 0) is 10.0 Å². The average molecular weight is 546 g/mol. The van der Waals surface area contributed by atoms with Crippen LogP contribution in [0.2, 0.25) is 5.02 Å². The van der Waals surface area contributed by atoms with E-state index in [1.165, 1.54) is 12.1 Å². The number of anilines is 2. The number of hydrogen-bond acceptors (Lipinski definition) is 7. The van der Waals surface area contributed by atoms with E-state index in [2.05, 4.69) is 9.62 Å². The van der Waals surface area contributed by atoms with E-state index in [0.717, 1.165) is 74.2 Å². The van der Waals surface area contributed by atoms with Gasteiger partial charge in [-0.1, -0.05) is 11.6 Å². The van der Waals surface area contributed by atoms with E-state index in [1.807, 2.05) is 19.2 Å². The first-order chi connectivity index (χ1) is 17.6. The van der Waals surface area contributed by atoms with Crippen LogP contribution in [0.3, 0.4) is 0 Å². The van der Waals surface area contributed by atoms with Gasteiger partial charge in [0.1, 0.15) is 5.82 Å². The number of aromatic nitrogens is 3. The third-order valence-corrected chi connectivity index (χ3v) is 7.82. The SMILES string of the molecule is Cc1cn2nc([C@@H]3CCCCN3C(=O)c3cc(Cl)ccc3NS(C)(=O)=O)cc2nc1N1CCC[C@@H](N)C1. The largest absolute Gasteiger partial charge is 0.355 e. The molecule has 198 valence electrons. The van der Waals surface area contributed by atoms with Crippen LogP contribution in [0, 0.1) is 6.92 Å². The lowest BCUT2D eigenvalue weighted by Gasteiger charge is -2.35. The third kappa shape index (κ3) is 5.53. The number of sulfonamides is 1. The normalized spacial score (nSPS) is 20.9. The Morgan fingerprint density at radius 3 is 2.73 bits per heavy atom. The first-order valence-electron chi connectivity index (χ1n) is 12.5. The Bertz CT molecular complexity index is 1440. The lowest BCUT2D eigenvalue weighted by molar-refractivity contribution is 0.0607. The van der Waals surface area contributed by atoms with Crippen LogP contribution in [0.1, 0.15) is 59.8 Å². The molecular weight excluding hydrogens is 514 g/mol. The van der Waals surface area contributed by atoms with Crippen molar-refractivity contribution in [3.8, 4) is 0 Å². The summed E-state index contributed by atoms with van der Waals surface area (Å²) in [6.07, 6.45) is 7.64. The molecule has 10 nitrogen and oxygen atoms in total. The molecule has 3 aromatic rings. The molecule has 1 aromatic carbocycles. The summed E-state index contributed by atoms with van der Waals surface area (Å²) in [5.41, 5.74) is 9.11. The zero-order valence-corrected chi connectivity index (χ0v) is 22.6. The van der Waals surface area contributed by atoms with Gasteiger partial charge in [0.15, 0.2) is 5.65 Å². The Balaban J connectivity index is 1.48. The van der Waals surface area contributed by atoms with Gasteiger partial charge in [0, 0.05) is 48.5 Å². The molecule has 3 N–H and O–H groups in total. The van der Waals surface area contributed by atoms with Crippen molar-refractivity contribution in [3.05, 3.63) is 52.3 Å². The number of nitrogens with two attached hydrogens (primary N) is 1. The van der Waals surface area contributed by atoms with Crippen molar-refractivity contribution in [2.45, 2.75) is 51.1 Å². The highest BCUT2D eigenvalue weighted by molar-refractivity contribution is 7.92. The van der Waals surface area contributed by atoms with Gasteiger partial charge in [0.2, 0.25) is 10.0 Å². The van der Waals surface area contributed by atoms with Crippen molar-refractivity contribution in [3.63, 3.8) is 0 Å². The van der Waals surface area contributed by atoms with Crippen molar-refractivity contribution >= 4 is 44.7 Å². The fourth-order valence-electron chi connectivity index (χ4n) is 5.32. The van der Waals surface area contributed by atoms with Gasteiger partial charge in [-0.2, -0.15) is 5.10 Å². The highest BCUT2D eigenvalue weighted by atomic mass is 35.5. The van der Waals surface area contributed by atoms with Crippen LogP contribution in [-0.4, -0.2) is 65.8 Å². The number of piperidine rings is 2. The van der Waals surface area contributed by atoms with Crippen LogP contribution in [0.4, 0.5) is 11.5 Å². The van der Waals surface area contributed by atoms with E-state index in [4.69, 9.17) is 27.4 Å². The first-order valence-corrected chi connectivity index (χ1v) is 14.8. The predicted octanol–water partition coefficient (Wildman–Crippen LogP) is 3.36. The fourth-order valence-corrected chi connectivity index (χ4v) is 6.07. The van der Waals surface area contributed by atoms with E-state index >= 15 is 0 Å². The summed E-state index contributed by atoms with van der Waals surface area (Å²) in [4.78, 5) is 22.7. The second-order valence-corrected chi connectivity index (χ2v) is 12.2. The highest BCUT2D eigenvalue weighted by Gasteiger charge is 2.32. The number of benzene rings is 1. The molecular formula is C25H32ClN7O3S. The maximum absolute atomic E-state index is 13.8. The Labute approximate surface area is 221 Å². The number of amides is 1. The van der Waals surface area contributed by atoms with Crippen LogP contribution >= 0.6 is 11.6 Å². The van der Waals surface area contributed by atoms with Gasteiger partial charge in [-0.3, -0.25) is 9.52 Å². The molecule has 0 unspecified atom stereocenters. The summed E-state index contributed by atoms with van der Waals surface area (Å²) in [5, 5.41) is 5.16. The Hall–Kier alpha value is -2.89. The lowest BCUT2D eigenvalue weighted by Crippen LogP contribution is -2.43. The molecule has 2 aliphatic heterocycles. The van der Waals surface area contributed by atoms with Gasteiger partial charge in [0.05, 0.1) is 29.2 Å². The van der Waals surface area contributed by atoms with Gasteiger partial charge >= 0.3 is 0 Å². The van der Waals surface area contributed by atoms with Gasteiger partial charge < -0.3 is 15.5 Å². The number of carbonyl (C=O) groups is 1. The maximum atomic E-state index is 13.8. The number of carbonyl (C=O) groups excluding carboxylic acids is 1. The van der Waals surface area contributed by atoms with Gasteiger partial charge in [-0.15, -0.1) is 0 Å². The number of rotatable bonds is 5. The number of likely N-dealkylation sites (tertiary alicyclic amines) is 1. The van der Waals surface area contributed by atoms with Crippen LogP contribution in [0.5, 0.6) is 0 Å². The summed E-state index contributed by atoms with van der Waals surface area (Å²) in [5.74, 6) is 0.628. The molecule has 2 fully saturated rings. The number of fused-ring (bicyclic) bond motifs is 1. The Morgan fingerprint density at radius 1 is 1.16 bits per heavy atom.